The Hall–Kier alpha value is -2.89. The Morgan fingerprint density at radius 2 is 1.83 bits per heavy atom. The third-order valence-corrected chi connectivity index (χ3v) is 5.07. The Labute approximate surface area is 177 Å². The van der Waals surface area contributed by atoms with E-state index >= 15 is 0 Å². The lowest BCUT2D eigenvalue weighted by Crippen LogP contribution is -2.37. The molecule has 0 fully saturated rings. The van der Waals surface area contributed by atoms with E-state index in [4.69, 9.17) is 5.11 Å². The van der Waals surface area contributed by atoms with E-state index < -0.39 is 11.8 Å². The molecule has 0 heterocycles. The number of nitrogens with one attached hydrogen (secondary N) is 1. The molecular weight excluding hydrogens is 383 g/mol. The van der Waals surface area contributed by atoms with Crippen molar-refractivity contribution in [3.63, 3.8) is 0 Å². The van der Waals surface area contributed by atoms with Gasteiger partial charge in [0.1, 0.15) is 5.82 Å². The minimum atomic E-state index is -0.908. The van der Waals surface area contributed by atoms with Crippen molar-refractivity contribution in [1.29, 1.82) is 0 Å². The highest BCUT2D eigenvalue weighted by Gasteiger charge is 2.13. The van der Waals surface area contributed by atoms with Gasteiger partial charge in [-0.3, -0.25) is 9.69 Å². The fourth-order valence-electron chi connectivity index (χ4n) is 3.24. The predicted molar refractivity (Wildman–Crippen MR) is 118 cm³/mol. The van der Waals surface area contributed by atoms with Crippen molar-refractivity contribution in [3.05, 3.63) is 53.8 Å². The van der Waals surface area contributed by atoms with Gasteiger partial charge in [-0.15, -0.1) is 0 Å². The van der Waals surface area contributed by atoms with Gasteiger partial charge >= 0.3 is 12.0 Å². The van der Waals surface area contributed by atoms with Gasteiger partial charge in [-0.1, -0.05) is 56.9 Å². The highest BCUT2D eigenvalue weighted by atomic mass is 19.1. The number of hydrogen-bond acceptors (Lipinski definition) is 2. The molecule has 2 N–H and O–H groups in total. The molecule has 0 bridgehead atoms. The van der Waals surface area contributed by atoms with Crippen molar-refractivity contribution in [2.75, 3.05) is 18.5 Å². The summed E-state index contributed by atoms with van der Waals surface area (Å²) in [5, 5.41) is 11.7. The molecule has 0 unspecified atom stereocenters. The van der Waals surface area contributed by atoms with Gasteiger partial charge < -0.3 is 10.4 Å². The Morgan fingerprint density at radius 3 is 2.53 bits per heavy atom. The number of carboxylic acids is 1. The van der Waals surface area contributed by atoms with Crippen LogP contribution in [0.4, 0.5) is 14.9 Å². The first-order valence-corrected chi connectivity index (χ1v) is 10.5. The molecule has 0 aromatic heterocycles. The van der Waals surface area contributed by atoms with Crippen LogP contribution in [0.3, 0.4) is 0 Å². The molecule has 0 aliphatic heterocycles. The van der Waals surface area contributed by atoms with Crippen molar-refractivity contribution >= 4 is 17.7 Å². The van der Waals surface area contributed by atoms with Gasteiger partial charge in [0.2, 0.25) is 0 Å². The van der Waals surface area contributed by atoms with Gasteiger partial charge in [0.25, 0.3) is 0 Å². The van der Waals surface area contributed by atoms with E-state index in [2.05, 4.69) is 12.2 Å². The maximum absolute atomic E-state index is 14.6. The number of benzene rings is 2. The zero-order chi connectivity index (χ0) is 21.9. The highest BCUT2D eigenvalue weighted by molar-refractivity contribution is 5.92. The van der Waals surface area contributed by atoms with Crippen molar-refractivity contribution in [2.45, 2.75) is 51.9 Å². The zero-order valence-electron chi connectivity index (χ0n) is 17.8. The predicted octanol–water partition coefficient (Wildman–Crippen LogP) is 5.63. The highest BCUT2D eigenvalue weighted by Crippen LogP contribution is 2.27. The number of carboxylic acid groups (broad SMARTS) is 1. The largest absolute Gasteiger partial charge is 0.481 e. The van der Waals surface area contributed by atoms with Crippen molar-refractivity contribution in [2.24, 2.45) is 0 Å². The van der Waals surface area contributed by atoms with Crippen LogP contribution in [0.25, 0.3) is 11.1 Å². The first-order valence-electron chi connectivity index (χ1n) is 10.5. The lowest BCUT2D eigenvalue weighted by molar-refractivity contribution is -0.136. The first kappa shape index (κ1) is 23.4. The Balaban J connectivity index is 2.01. The van der Waals surface area contributed by atoms with Crippen molar-refractivity contribution in [1.82, 2.24) is 5.32 Å². The minimum Gasteiger partial charge on any atom is -0.481 e. The number of halogens is 1. The van der Waals surface area contributed by atoms with Crippen LogP contribution in [0.1, 0.15) is 51.0 Å². The summed E-state index contributed by atoms with van der Waals surface area (Å²) in [5.41, 5.74) is 2.39. The van der Waals surface area contributed by atoms with Crippen LogP contribution >= 0.6 is 0 Å². The summed E-state index contributed by atoms with van der Waals surface area (Å²) >= 11 is 0. The molecule has 5 nitrogen and oxygen atoms in total. The number of urea groups is 1. The summed E-state index contributed by atoms with van der Waals surface area (Å²) in [4.78, 5) is 24.6. The van der Waals surface area contributed by atoms with E-state index in [1.807, 2.05) is 6.07 Å². The standard InChI is InChI=1S/C24H31FN2O3/c1-3-4-5-6-7-15-26-24(30)27(2)20-10-8-9-19(17-20)21-13-11-18(16-22(21)25)12-14-23(28)29/h8-11,13,16-17H,3-7,12,14-15H2,1-2H3,(H,26,30)(H,28,29). The quantitative estimate of drug-likeness (QED) is 0.469. The molecule has 162 valence electrons. The molecular formula is C24H31FN2O3. The monoisotopic (exact) mass is 414 g/mol. The van der Waals surface area contributed by atoms with Crippen LogP contribution < -0.4 is 10.2 Å². The summed E-state index contributed by atoms with van der Waals surface area (Å²) in [6.07, 6.45) is 5.91. The SMILES string of the molecule is CCCCCCCNC(=O)N(C)c1cccc(-c2ccc(CCC(=O)O)cc2F)c1. The molecule has 0 aliphatic rings. The first-order chi connectivity index (χ1) is 14.4. The summed E-state index contributed by atoms with van der Waals surface area (Å²) in [6.45, 7) is 2.81. The molecule has 0 saturated heterocycles. The average Bonchev–Trinajstić information content (AvgIpc) is 2.74. The van der Waals surface area contributed by atoms with Crippen LogP contribution in [-0.2, 0) is 11.2 Å². The molecule has 0 spiro atoms. The summed E-state index contributed by atoms with van der Waals surface area (Å²) in [6, 6.07) is 11.7. The molecule has 0 radical (unpaired) electrons. The summed E-state index contributed by atoms with van der Waals surface area (Å²) in [7, 11) is 1.69. The number of aryl methyl sites for hydroxylation is 1. The van der Waals surface area contributed by atoms with Gasteiger partial charge in [-0.2, -0.15) is 0 Å². The smallest absolute Gasteiger partial charge is 0.321 e. The summed E-state index contributed by atoms with van der Waals surface area (Å²) < 4.78 is 14.6. The molecule has 30 heavy (non-hydrogen) atoms. The number of nitrogens with zero attached hydrogens (tertiary/aromatic N) is 1. The molecule has 0 saturated carbocycles. The molecule has 2 rings (SSSR count). The maximum atomic E-state index is 14.6. The van der Waals surface area contributed by atoms with E-state index in [9.17, 15) is 14.0 Å². The number of aliphatic carboxylic acids is 1. The zero-order valence-corrected chi connectivity index (χ0v) is 17.8. The molecule has 6 heteroatoms. The van der Waals surface area contributed by atoms with Crippen LogP contribution in [0.15, 0.2) is 42.5 Å². The van der Waals surface area contributed by atoms with Crippen LogP contribution in [0, 0.1) is 5.82 Å². The van der Waals surface area contributed by atoms with Gasteiger partial charge in [-0.05, 0) is 42.2 Å². The molecule has 2 aromatic rings. The van der Waals surface area contributed by atoms with Crippen LogP contribution in [-0.4, -0.2) is 30.7 Å². The van der Waals surface area contributed by atoms with Gasteiger partial charge in [0.05, 0.1) is 0 Å². The van der Waals surface area contributed by atoms with E-state index in [1.165, 1.54) is 30.2 Å². The third-order valence-electron chi connectivity index (χ3n) is 5.07. The van der Waals surface area contributed by atoms with Gasteiger partial charge in [-0.25, -0.2) is 9.18 Å². The van der Waals surface area contributed by atoms with E-state index in [1.54, 1.807) is 37.4 Å². The fraction of sp³-hybridized carbons (Fsp3) is 0.417. The number of rotatable bonds is 11. The molecule has 0 atom stereocenters. The van der Waals surface area contributed by atoms with Crippen molar-refractivity contribution < 1.29 is 19.1 Å². The van der Waals surface area contributed by atoms with Gasteiger partial charge in [0.15, 0.2) is 0 Å². The van der Waals surface area contributed by atoms with Crippen LogP contribution in [0.2, 0.25) is 0 Å². The number of carbonyl (C=O) groups excluding carboxylic acids is 1. The number of hydrogen-bond donors (Lipinski definition) is 2. The van der Waals surface area contributed by atoms with Gasteiger partial charge in [0, 0.05) is 31.3 Å². The Bertz CT molecular complexity index is 854. The lowest BCUT2D eigenvalue weighted by Gasteiger charge is -2.19. The minimum absolute atomic E-state index is 0.0349. The molecule has 2 amide bonds. The number of amides is 2. The summed E-state index contributed by atoms with van der Waals surface area (Å²) in [5.74, 6) is -1.32. The normalized spacial score (nSPS) is 10.6. The number of unbranched alkanes of at least 4 members (excludes halogenated alkanes) is 4. The second-order valence-electron chi connectivity index (χ2n) is 7.46. The van der Waals surface area contributed by atoms with E-state index in [-0.39, 0.29) is 18.9 Å². The molecule has 0 aliphatic carbocycles. The second-order valence-corrected chi connectivity index (χ2v) is 7.46. The second kappa shape index (κ2) is 12.0. The number of anilines is 1. The van der Waals surface area contributed by atoms with Crippen molar-refractivity contribution in [3.8, 4) is 11.1 Å². The topological polar surface area (TPSA) is 69.6 Å². The average molecular weight is 415 g/mol. The molecule has 2 aromatic carbocycles. The lowest BCUT2D eigenvalue weighted by atomic mass is 10.0. The van der Waals surface area contributed by atoms with Crippen LogP contribution in [0.5, 0.6) is 0 Å². The Morgan fingerprint density at radius 1 is 1.07 bits per heavy atom. The Kier molecular flexibility index (Phi) is 9.32. The van der Waals surface area contributed by atoms with E-state index in [0.29, 0.717) is 28.9 Å². The fourth-order valence-corrected chi connectivity index (χ4v) is 3.24. The third kappa shape index (κ3) is 7.17. The van der Waals surface area contributed by atoms with E-state index in [0.717, 1.165) is 12.8 Å². The number of carbonyl (C=O) groups is 2. The maximum Gasteiger partial charge on any atom is 0.321 e.